The zero-order valence-corrected chi connectivity index (χ0v) is 13.8. The van der Waals surface area contributed by atoms with E-state index in [1.54, 1.807) is 0 Å². The van der Waals surface area contributed by atoms with Gasteiger partial charge in [-0.05, 0) is 49.8 Å². The lowest BCUT2D eigenvalue weighted by molar-refractivity contribution is 0.234. The number of thioether (sulfide) groups is 1. The highest BCUT2D eigenvalue weighted by atomic mass is 32.2. The minimum Gasteiger partial charge on any atom is -0.313 e. The molecule has 1 N–H and O–H groups in total. The lowest BCUT2D eigenvalue weighted by Gasteiger charge is -2.34. The maximum Gasteiger partial charge on any atom is 0.0190 e. The number of hydrogen-bond donors (Lipinski definition) is 1. The molecule has 1 aromatic rings. The second-order valence-electron chi connectivity index (χ2n) is 6.22. The molecule has 0 aromatic heterocycles. The van der Waals surface area contributed by atoms with Crippen LogP contribution in [0.15, 0.2) is 35.2 Å². The van der Waals surface area contributed by atoms with E-state index in [1.165, 1.54) is 42.8 Å². The van der Waals surface area contributed by atoms with Gasteiger partial charge >= 0.3 is 0 Å². The van der Waals surface area contributed by atoms with Crippen molar-refractivity contribution >= 4 is 11.8 Å². The Labute approximate surface area is 128 Å². The van der Waals surface area contributed by atoms with E-state index < -0.39 is 0 Å². The summed E-state index contributed by atoms with van der Waals surface area (Å²) in [5, 5.41) is 3.81. The van der Waals surface area contributed by atoms with E-state index in [-0.39, 0.29) is 0 Å². The monoisotopic (exact) mass is 291 g/mol. The molecule has 2 rings (SSSR count). The number of hydrogen-bond acceptors (Lipinski definition) is 2. The third-order valence-corrected chi connectivity index (χ3v) is 5.51. The summed E-state index contributed by atoms with van der Waals surface area (Å²) in [6.45, 7) is 5.84. The predicted molar refractivity (Wildman–Crippen MR) is 90.4 cm³/mol. The molecular formula is C18H29NS. The Morgan fingerprint density at radius 2 is 2.05 bits per heavy atom. The van der Waals surface area contributed by atoms with Gasteiger partial charge in [-0.1, -0.05) is 44.9 Å². The molecule has 0 bridgehead atoms. The highest BCUT2D eigenvalue weighted by Gasteiger charge is 2.26. The molecule has 1 aliphatic carbocycles. The Morgan fingerprint density at radius 1 is 1.25 bits per heavy atom. The summed E-state index contributed by atoms with van der Waals surface area (Å²) in [6, 6.07) is 11.5. The van der Waals surface area contributed by atoms with E-state index in [0.717, 1.165) is 18.4 Å². The molecule has 20 heavy (non-hydrogen) atoms. The standard InChI is InChI=1S/C18H29NS/c1-3-12-19-18(16-9-7-8-15(2)13-16)14-20-17-10-5-4-6-11-17/h4-6,10-11,15-16,18-19H,3,7-9,12-14H2,1-2H3. The van der Waals surface area contributed by atoms with Crippen molar-refractivity contribution in [2.75, 3.05) is 12.3 Å². The van der Waals surface area contributed by atoms with Crippen LogP contribution in [0.4, 0.5) is 0 Å². The number of benzene rings is 1. The Balaban J connectivity index is 1.89. The topological polar surface area (TPSA) is 12.0 Å². The molecule has 0 spiro atoms. The Bertz CT molecular complexity index is 365. The van der Waals surface area contributed by atoms with Crippen LogP contribution in [-0.2, 0) is 0 Å². The van der Waals surface area contributed by atoms with E-state index in [2.05, 4.69) is 49.5 Å². The molecule has 1 fully saturated rings. The molecule has 0 amide bonds. The van der Waals surface area contributed by atoms with Crippen LogP contribution >= 0.6 is 11.8 Å². The fourth-order valence-electron chi connectivity index (χ4n) is 3.24. The second kappa shape index (κ2) is 8.74. The summed E-state index contributed by atoms with van der Waals surface area (Å²) in [7, 11) is 0. The minimum absolute atomic E-state index is 0.683. The van der Waals surface area contributed by atoms with E-state index in [1.807, 2.05) is 11.8 Å². The molecule has 112 valence electrons. The molecule has 0 saturated heterocycles. The first-order chi connectivity index (χ1) is 9.79. The SMILES string of the molecule is CCCNC(CSc1ccccc1)C1CCCC(C)C1. The van der Waals surface area contributed by atoms with Crippen molar-refractivity contribution in [1.82, 2.24) is 5.32 Å². The van der Waals surface area contributed by atoms with Crippen molar-refractivity contribution in [3.05, 3.63) is 30.3 Å². The fraction of sp³-hybridized carbons (Fsp3) is 0.667. The number of rotatable bonds is 7. The molecule has 0 aliphatic heterocycles. The van der Waals surface area contributed by atoms with Crippen molar-refractivity contribution in [1.29, 1.82) is 0 Å². The van der Waals surface area contributed by atoms with Crippen molar-refractivity contribution in [3.63, 3.8) is 0 Å². The van der Waals surface area contributed by atoms with Crippen molar-refractivity contribution in [3.8, 4) is 0 Å². The van der Waals surface area contributed by atoms with Gasteiger partial charge < -0.3 is 5.32 Å². The zero-order valence-electron chi connectivity index (χ0n) is 13.0. The van der Waals surface area contributed by atoms with Crippen LogP contribution in [0.1, 0.15) is 46.0 Å². The molecule has 0 heterocycles. The lowest BCUT2D eigenvalue weighted by Crippen LogP contribution is -2.40. The average Bonchev–Trinajstić information content (AvgIpc) is 2.48. The molecule has 3 atom stereocenters. The fourth-order valence-corrected chi connectivity index (χ4v) is 4.35. The highest BCUT2D eigenvalue weighted by Crippen LogP contribution is 2.32. The minimum atomic E-state index is 0.683. The van der Waals surface area contributed by atoms with Crippen LogP contribution in [0.3, 0.4) is 0 Å². The smallest absolute Gasteiger partial charge is 0.0190 e. The predicted octanol–water partition coefficient (Wildman–Crippen LogP) is 4.97. The second-order valence-corrected chi connectivity index (χ2v) is 7.31. The van der Waals surface area contributed by atoms with Crippen molar-refractivity contribution in [2.45, 2.75) is 56.9 Å². The maximum absolute atomic E-state index is 3.81. The zero-order chi connectivity index (χ0) is 14.2. The molecular weight excluding hydrogens is 262 g/mol. The highest BCUT2D eigenvalue weighted by molar-refractivity contribution is 7.99. The van der Waals surface area contributed by atoms with E-state index >= 15 is 0 Å². The van der Waals surface area contributed by atoms with Gasteiger partial charge in [0.15, 0.2) is 0 Å². The van der Waals surface area contributed by atoms with Gasteiger partial charge in [-0.25, -0.2) is 0 Å². The summed E-state index contributed by atoms with van der Waals surface area (Å²) < 4.78 is 0. The molecule has 1 saturated carbocycles. The lowest BCUT2D eigenvalue weighted by atomic mass is 9.79. The normalized spacial score (nSPS) is 24.5. The van der Waals surface area contributed by atoms with Gasteiger partial charge in [-0.3, -0.25) is 0 Å². The molecule has 0 radical (unpaired) electrons. The summed E-state index contributed by atoms with van der Waals surface area (Å²) in [5.74, 6) is 3.00. The van der Waals surface area contributed by atoms with E-state index in [9.17, 15) is 0 Å². The van der Waals surface area contributed by atoms with Crippen LogP contribution in [0.5, 0.6) is 0 Å². The van der Waals surface area contributed by atoms with Gasteiger partial charge in [0.2, 0.25) is 0 Å². The molecule has 1 nitrogen and oxygen atoms in total. The van der Waals surface area contributed by atoms with E-state index in [0.29, 0.717) is 6.04 Å². The van der Waals surface area contributed by atoms with Gasteiger partial charge in [0.05, 0.1) is 0 Å². The molecule has 2 heteroatoms. The summed E-state index contributed by atoms with van der Waals surface area (Å²) >= 11 is 2.01. The van der Waals surface area contributed by atoms with Gasteiger partial charge in [0, 0.05) is 16.7 Å². The molecule has 1 aliphatic rings. The van der Waals surface area contributed by atoms with E-state index in [4.69, 9.17) is 0 Å². The van der Waals surface area contributed by atoms with Crippen LogP contribution < -0.4 is 5.32 Å². The van der Waals surface area contributed by atoms with Crippen LogP contribution in [0, 0.1) is 11.8 Å². The number of nitrogens with one attached hydrogen (secondary N) is 1. The van der Waals surface area contributed by atoms with Gasteiger partial charge in [-0.15, -0.1) is 11.8 Å². The Hall–Kier alpha value is -0.470. The Kier molecular flexibility index (Phi) is 6.95. The van der Waals surface area contributed by atoms with Crippen molar-refractivity contribution < 1.29 is 0 Å². The first kappa shape index (κ1) is 15.9. The average molecular weight is 292 g/mol. The van der Waals surface area contributed by atoms with Gasteiger partial charge in [0.25, 0.3) is 0 Å². The maximum atomic E-state index is 3.81. The molecule has 1 aromatic carbocycles. The quantitative estimate of drug-likeness (QED) is 0.712. The third-order valence-electron chi connectivity index (χ3n) is 4.38. The van der Waals surface area contributed by atoms with Crippen molar-refractivity contribution in [2.24, 2.45) is 11.8 Å². The van der Waals surface area contributed by atoms with Crippen LogP contribution in [-0.4, -0.2) is 18.3 Å². The summed E-state index contributed by atoms with van der Waals surface area (Å²) in [6.07, 6.45) is 6.92. The summed E-state index contributed by atoms with van der Waals surface area (Å²) in [4.78, 5) is 1.40. The summed E-state index contributed by atoms with van der Waals surface area (Å²) in [5.41, 5.74) is 0. The first-order valence-electron chi connectivity index (χ1n) is 8.20. The van der Waals surface area contributed by atoms with Gasteiger partial charge in [0.1, 0.15) is 0 Å². The Morgan fingerprint density at radius 3 is 2.75 bits per heavy atom. The van der Waals surface area contributed by atoms with Gasteiger partial charge in [-0.2, -0.15) is 0 Å². The molecule has 3 unspecified atom stereocenters. The third kappa shape index (κ3) is 5.14. The van der Waals surface area contributed by atoms with Crippen LogP contribution in [0.25, 0.3) is 0 Å². The largest absolute Gasteiger partial charge is 0.313 e. The first-order valence-corrected chi connectivity index (χ1v) is 9.19. The van der Waals surface area contributed by atoms with Crippen LogP contribution in [0.2, 0.25) is 0 Å².